The van der Waals surface area contributed by atoms with E-state index >= 15 is 0 Å². The SMILES string of the molecule is CCCCC1(OC(=O)C2CC=CCC2C(=O)O)CCCCC1. The second-order valence-corrected chi connectivity index (χ2v) is 6.76. The van der Waals surface area contributed by atoms with Crippen LogP contribution >= 0.6 is 0 Å². The van der Waals surface area contributed by atoms with Crippen LogP contribution in [-0.2, 0) is 14.3 Å². The Balaban J connectivity index is 2.06. The number of esters is 1. The summed E-state index contributed by atoms with van der Waals surface area (Å²) < 4.78 is 5.96. The average molecular weight is 308 g/mol. The van der Waals surface area contributed by atoms with E-state index in [9.17, 15) is 14.7 Å². The van der Waals surface area contributed by atoms with Gasteiger partial charge in [-0.25, -0.2) is 0 Å². The minimum absolute atomic E-state index is 0.297. The standard InChI is InChI=1S/C18H28O4/c1-2-3-11-18(12-7-4-8-13-18)22-17(21)15-10-6-5-9-14(15)16(19)20/h5-6,14-15H,2-4,7-13H2,1H3,(H,19,20). The van der Waals surface area contributed by atoms with Crippen LogP contribution in [0.15, 0.2) is 12.2 Å². The highest BCUT2D eigenvalue weighted by atomic mass is 16.6. The fraction of sp³-hybridized carbons (Fsp3) is 0.778. The highest BCUT2D eigenvalue weighted by Crippen LogP contribution is 2.38. The number of aliphatic carboxylic acids is 1. The molecule has 2 aliphatic rings. The van der Waals surface area contributed by atoms with Gasteiger partial charge in [-0.05, 0) is 51.4 Å². The van der Waals surface area contributed by atoms with Gasteiger partial charge in [-0.1, -0.05) is 31.9 Å². The van der Waals surface area contributed by atoms with E-state index in [-0.39, 0.29) is 11.6 Å². The summed E-state index contributed by atoms with van der Waals surface area (Å²) in [6, 6.07) is 0. The first-order valence-electron chi connectivity index (χ1n) is 8.68. The van der Waals surface area contributed by atoms with Gasteiger partial charge in [-0.3, -0.25) is 9.59 Å². The summed E-state index contributed by atoms with van der Waals surface area (Å²) >= 11 is 0. The molecule has 1 N–H and O–H groups in total. The lowest BCUT2D eigenvalue weighted by Crippen LogP contribution is -2.42. The molecule has 1 saturated carbocycles. The highest BCUT2D eigenvalue weighted by Gasteiger charge is 2.41. The van der Waals surface area contributed by atoms with Gasteiger partial charge in [0.1, 0.15) is 5.60 Å². The summed E-state index contributed by atoms with van der Waals surface area (Å²) in [4.78, 5) is 24.0. The van der Waals surface area contributed by atoms with E-state index in [4.69, 9.17) is 4.74 Å². The number of carboxylic acids is 1. The number of unbranched alkanes of at least 4 members (excludes halogenated alkanes) is 1. The Morgan fingerprint density at radius 3 is 2.36 bits per heavy atom. The number of hydrogen-bond acceptors (Lipinski definition) is 3. The molecule has 4 heteroatoms. The van der Waals surface area contributed by atoms with E-state index in [1.807, 2.05) is 12.2 Å². The third-order valence-corrected chi connectivity index (χ3v) is 5.12. The lowest BCUT2D eigenvalue weighted by Gasteiger charge is -2.38. The maximum Gasteiger partial charge on any atom is 0.310 e. The second-order valence-electron chi connectivity index (χ2n) is 6.76. The van der Waals surface area contributed by atoms with Crippen molar-refractivity contribution in [2.75, 3.05) is 0 Å². The number of hydrogen-bond donors (Lipinski definition) is 1. The van der Waals surface area contributed by atoms with Gasteiger partial charge in [0.25, 0.3) is 0 Å². The van der Waals surface area contributed by atoms with Crippen LogP contribution in [0, 0.1) is 11.8 Å². The quantitative estimate of drug-likeness (QED) is 0.593. The molecule has 0 amide bonds. The van der Waals surface area contributed by atoms with Gasteiger partial charge in [0.05, 0.1) is 11.8 Å². The maximum atomic E-state index is 12.6. The molecule has 0 spiro atoms. The van der Waals surface area contributed by atoms with Gasteiger partial charge in [-0.15, -0.1) is 0 Å². The Bertz CT molecular complexity index is 421. The Labute approximate surface area is 132 Å². The molecule has 0 aromatic rings. The zero-order valence-corrected chi connectivity index (χ0v) is 13.6. The summed E-state index contributed by atoms with van der Waals surface area (Å²) in [5, 5.41) is 9.33. The van der Waals surface area contributed by atoms with Gasteiger partial charge in [0.15, 0.2) is 0 Å². The monoisotopic (exact) mass is 308 g/mol. The van der Waals surface area contributed by atoms with Gasteiger partial charge in [0.2, 0.25) is 0 Å². The van der Waals surface area contributed by atoms with E-state index < -0.39 is 17.8 Å². The number of carbonyl (C=O) groups excluding carboxylic acids is 1. The lowest BCUT2D eigenvalue weighted by molar-refractivity contribution is -0.175. The number of ether oxygens (including phenoxy) is 1. The molecule has 1 fully saturated rings. The van der Waals surface area contributed by atoms with Crippen molar-refractivity contribution in [1.29, 1.82) is 0 Å². The van der Waals surface area contributed by atoms with Crippen molar-refractivity contribution >= 4 is 11.9 Å². The molecule has 0 aromatic carbocycles. The van der Waals surface area contributed by atoms with E-state index in [2.05, 4.69) is 6.92 Å². The summed E-state index contributed by atoms with van der Waals surface area (Å²) in [6.45, 7) is 2.14. The molecule has 2 atom stereocenters. The molecule has 0 aliphatic heterocycles. The number of carboxylic acid groups (broad SMARTS) is 1. The summed E-state index contributed by atoms with van der Waals surface area (Å²) in [5.74, 6) is -2.35. The van der Waals surface area contributed by atoms with Crippen LogP contribution in [0.2, 0.25) is 0 Å². The molecule has 2 rings (SSSR count). The first kappa shape index (κ1) is 17.0. The first-order valence-corrected chi connectivity index (χ1v) is 8.68. The van der Waals surface area contributed by atoms with Gasteiger partial charge in [0, 0.05) is 0 Å². The Morgan fingerprint density at radius 2 is 1.77 bits per heavy atom. The summed E-state index contributed by atoms with van der Waals surface area (Å²) in [5.41, 5.74) is -0.338. The zero-order valence-electron chi connectivity index (χ0n) is 13.6. The third kappa shape index (κ3) is 4.11. The van der Waals surface area contributed by atoms with Crippen LogP contribution in [0.5, 0.6) is 0 Å². The van der Waals surface area contributed by atoms with Crippen LogP contribution in [-0.4, -0.2) is 22.6 Å². The van der Waals surface area contributed by atoms with Crippen LogP contribution < -0.4 is 0 Å². The minimum atomic E-state index is -0.891. The third-order valence-electron chi connectivity index (χ3n) is 5.12. The summed E-state index contributed by atoms with van der Waals surface area (Å²) in [6.07, 6.45) is 13.0. The normalized spacial score (nSPS) is 27.3. The second kappa shape index (κ2) is 7.80. The fourth-order valence-electron chi connectivity index (χ4n) is 3.73. The van der Waals surface area contributed by atoms with E-state index in [1.54, 1.807) is 0 Å². The fourth-order valence-corrected chi connectivity index (χ4v) is 3.73. The minimum Gasteiger partial charge on any atom is -0.481 e. The van der Waals surface area contributed by atoms with Crippen molar-refractivity contribution in [2.24, 2.45) is 11.8 Å². The maximum absolute atomic E-state index is 12.6. The van der Waals surface area contributed by atoms with Crippen molar-refractivity contribution in [2.45, 2.75) is 76.7 Å². The predicted molar refractivity (Wildman–Crippen MR) is 84.4 cm³/mol. The number of allylic oxidation sites excluding steroid dienone is 2. The molecule has 0 saturated heterocycles. The van der Waals surface area contributed by atoms with Crippen LogP contribution in [0.4, 0.5) is 0 Å². The molecule has 124 valence electrons. The molecule has 0 aromatic heterocycles. The van der Waals surface area contributed by atoms with Gasteiger partial charge in [-0.2, -0.15) is 0 Å². The highest BCUT2D eigenvalue weighted by molar-refractivity contribution is 5.82. The molecule has 22 heavy (non-hydrogen) atoms. The molecule has 0 bridgehead atoms. The average Bonchev–Trinajstić information content (AvgIpc) is 2.54. The van der Waals surface area contributed by atoms with Gasteiger partial charge < -0.3 is 9.84 Å². The van der Waals surface area contributed by atoms with Crippen molar-refractivity contribution in [3.8, 4) is 0 Å². The van der Waals surface area contributed by atoms with Crippen molar-refractivity contribution in [1.82, 2.24) is 0 Å². The topological polar surface area (TPSA) is 63.6 Å². The van der Waals surface area contributed by atoms with Crippen molar-refractivity contribution in [3.05, 3.63) is 12.2 Å². The van der Waals surface area contributed by atoms with Crippen LogP contribution in [0.25, 0.3) is 0 Å². The lowest BCUT2D eigenvalue weighted by atomic mass is 9.79. The molecule has 0 heterocycles. The molecule has 4 nitrogen and oxygen atoms in total. The zero-order chi connectivity index (χ0) is 16.0. The first-order chi connectivity index (χ1) is 10.6. The molecule has 2 aliphatic carbocycles. The van der Waals surface area contributed by atoms with Crippen LogP contribution in [0.3, 0.4) is 0 Å². The van der Waals surface area contributed by atoms with E-state index in [0.717, 1.165) is 44.9 Å². The number of rotatable bonds is 6. The van der Waals surface area contributed by atoms with Crippen molar-refractivity contribution in [3.63, 3.8) is 0 Å². The van der Waals surface area contributed by atoms with Gasteiger partial charge >= 0.3 is 11.9 Å². The van der Waals surface area contributed by atoms with Crippen LogP contribution in [0.1, 0.15) is 71.1 Å². The Hall–Kier alpha value is -1.32. The Morgan fingerprint density at radius 1 is 1.14 bits per heavy atom. The Kier molecular flexibility index (Phi) is 6.04. The molecular formula is C18H28O4. The summed E-state index contributed by atoms with van der Waals surface area (Å²) in [7, 11) is 0. The van der Waals surface area contributed by atoms with Crippen molar-refractivity contribution < 1.29 is 19.4 Å². The molecular weight excluding hydrogens is 280 g/mol. The number of carbonyl (C=O) groups is 2. The molecule has 0 radical (unpaired) electrons. The van der Waals surface area contributed by atoms with E-state index in [1.165, 1.54) is 6.42 Å². The predicted octanol–water partition coefficient (Wildman–Crippen LogP) is 4.09. The largest absolute Gasteiger partial charge is 0.481 e. The van der Waals surface area contributed by atoms with E-state index in [0.29, 0.717) is 12.8 Å². The molecule has 2 unspecified atom stereocenters. The smallest absolute Gasteiger partial charge is 0.310 e.